The van der Waals surface area contributed by atoms with Gasteiger partial charge < -0.3 is 9.64 Å². The van der Waals surface area contributed by atoms with Gasteiger partial charge in [0.1, 0.15) is 0 Å². The van der Waals surface area contributed by atoms with Gasteiger partial charge in [0.2, 0.25) is 5.91 Å². The van der Waals surface area contributed by atoms with Crippen LogP contribution in [0.15, 0.2) is 12.1 Å². The number of likely N-dealkylation sites (tertiary alicyclic amines) is 2. The molecule has 25 heavy (non-hydrogen) atoms. The fraction of sp³-hybridized carbons (Fsp3) is 0.750. The molecule has 4 rings (SSSR count). The summed E-state index contributed by atoms with van der Waals surface area (Å²) in [6, 6.07) is 4.48. The van der Waals surface area contributed by atoms with E-state index < -0.39 is 0 Å². The molecular weight excluding hydrogens is 332 g/mol. The smallest absolute Gasteiger partial charge is 0.222 e. The predicted molar refractivity (Wildman–Crippen MR) is 101 cm³/mol. The number of carbonyl (C=O) groups excluding carboxylic acids is 1. The van der Waals surface area contributed by atoms with Crippen molar-refractivity contribution >= 4 is 17.2 Å². The summed E-state index contributed by atoms with van der Waals surface area (Å²) in [5, 5.41) is 0. The lowest BCUT2D eigenvalue weighted by molar-refractivity contribution is -0.131. The summed E-state index contributed by atoms with van der Waals surface area (Å²) in [6.07, 6.45) is 6.36. The molecule has 0 bridgehead atoms. The van der Waals surface area contributed by atoms with Gasteiger partial charge in [-0.2, -0.15) is 0 Å². The van der Waals surface area contributed by atoms with Crippen molar-refractivity contribution in [2.75, 3.05) is 32.8 Å². The number of nitrogens with zero attached hydrogens (tertiary/aromatic N) is 2. The van der Waals surface area contributed by atoms with Crippen LogP contribution in [0.2, 0.25) is 0 Å². The third-order valence-electron chi connectivity index (χ3n) is 6.15. The Morgan fingerprint density at radius 3 is 2.68 bits per heavy atom. The van der Waals surface area contributed by atoms with Crippen LogP contribution in [0.25, 0.3) is 0 Å². The van der Waals surface area contributed by atoms with Crippen molar-refractivity contribution in [1.82, 2.24) is 9.80 Å². The van der Waals surface area contributed by atoms with E-state index in [1.165, 1.54) is 22.6 Å². The first-order chi connectivity index (χ1) is 12.1. The van der Waals surface area contributed by atoms with E-state index in [0.717, 1.165) is 58.6 Å². The molecule has 5 heteroatoms. The molecule has 3 aliphatic rings. The van der Waals surface area contributed by atoms with Gasteiger partial charge in [-0.05, 0) is 57.1 Å². The average Bonchev–Trinajstić information content (AvgIpc) is 3.33. The number of rotatable bonds is 4. The largest absolute Gasteiger partial charge is 0.375 e. The fourth-order valence-corrected chi connectivity index (χ4v) is 5.60. The summed E-state index contributed by atoms with van der Waals surface area (Å²) in [5.74, 6) is 0.785. The quantitative estimate of drug-likeness (QED) is 0.822. The highest BCUT2D eigenvalue weighted by Gasteiger charge is 2.43. The maximum atomic E-state index is 12.4. The lowest BCUT2D eigenvalue weighted by Gasteiger charge is -2.38. The summed E-state index contributed by atoms with van der Waals surface area (Å²) in [4.78, 5) is 19.9. The highest BCUT2D eigenvalue weighted by Crippen LogP contribution is 2.40. The van der Waals surface area contributed by atoms with Gasteiger partial charge >= 0.3 is 0 Å². The molecule has 4 heterocycles. The van der Waals surface area contributed by atoms with E-state index in [2.05, 4.69) is 28.9 Å². The third-order valence-corrected chi connectivity index (χ3v) is 7.14. The van der Waals surface area contributed by atoms with E-state index in [1.54, 1.807) is 0 Å². The van der Waals surface area contributed by atoms with Crippen LogP contribution < -0.4 is 0 Å². The Hall–Kier alpha value is -0.910. The first kappa shape index (κ1) is 17.5. The second-order valence-corrected chi connectivity index (χ2v) is 9.52. The van der Waals surface area contributed by atoms with Crippen LogP contribution in [0.3, 0.4) is 0 Å². The van der Waals surface area contributed by atoms with Crippen molar-refractivity contribution in [2.24, 2.45) is 5.92 Å². The number of piperidine rings is 1. The Labute approximate surface area is 155 Å². The standard InChI is InChI=1S/C20H30N2O2S/c1-16-4-5-18(25-16)14-21-10-6-20(7-11-21)13-17(15-24-20)12-19(23)22-8-2-3-9-22/h4-5,17H,2-3,6-15H2,1H3. The molecule has 1 amide bonds. The van der Waals surface area contributed by atoms with Crippen LogP contribution in [0.1, 0.15) is 48.3 Å². The molecule has 0 radical (unpaired) electrons. The van der Waals surface area contributed by atoms with E-state index in [-0.39, 0.29) is 5.60 Å². The molecule has 0 aromatic carbocycles. The van der Waals surface area contributed by atoms with Crippen molar-refractivity contribution in [3.05, 3.63) is 21.9 Å². The Morgan fingerprint density at radius 2 is 2.00 bits per heavy atom. The zero-order valence-corrected chi connectivity index (χ0v) is 16.2. The van der Waals surface area contributed by atoms with Crippen LogP contribution >= 0.6 is 11.3 Å². The second-order valence-electron chi connectivity index (χ2n) is 8.14. The minimum atomic E-state index is 0.0534. The van der Waals surface area contributed by atoms with Crippen LogP contribution in [0.5, 0.6) is 0 Å². The normalized spacial score (nSPS) is 26.6. The van der Waals surface area contributed by atoms with Crippen molar-refractivity contribution in [1.29, 1.82) is 0 Å². The maximum Gasteiger partial charge on any atom is 0.222 e. The minimum absolute atomic E-state index is 0.0534. The van der Waals surface area contributed by atoms with Crippen molar-refractivity contribution in [3.63, 3.8) is 0 Å². The van der Waals surface area contributed by atoms with Gasteiger partial charge in [-0.3, -0.25) is 9.69 Å². The number of ether oxygens (including phenoxy) is 1. The summed E-state index contributed by atoms with van der Waals surface area (Å²) >= 11 is 1.91. The van der Waals surface area contributed by atoms with Crippen molar-refractivity contribution in [2.45, 2.75) is 57.6 Å². The van der Waals surface area contributed by atoms with Gasteiger partial charge in [0.15, 0.2) is 0 Å². The highest BCUT2D eigenvalue weighted by atomic mass is 32.1. The lowest BCUT2D eigenvalue weighted by atomic mass is 9.84. The lowest BCUT2D eigenvalue weighted by Crippen LogP contribution is -2.43. The Morgan fingerprint density at radius 1 is 1.24 bits per heavy atom. The van der Waals surface area contributed by atoms with E-state index in [9.17, 15) is 4.79 Å². The van der Waals surface area contributed by atoms with Gasteiger partial charge in [0.25, 0.3) is 0 Å². The van der Waals surface area contributed by atoms with E-state index in [1.807, 2.05) is 11.3 Å². The molecule has 0 saturated carbocycles. The molecule has 1 aromatic rings. The first-order valence-electron chi connectivity index (χ1n) is 9.81. The topological polar surface area (TPSA) is 32.8 Å². The van der Waals surface area contributed by atoms with Gasteiger partial charge in [-0.25, -0.2) is 0 Å². The highest BCUT2D eigenvalue weighted by molar-refractivity contribution is 7.11. The summed E-state index contributed by atoms with van der Waals surface area (Å²) in [5.41, 5.74) is 0.0534. The number of hydrogen-bond acceptors (Lipinski definition) is 4. The predicted octanol–water partition coefficient (Wildman–Crippen LogP) is 3.44. The van der Waals surface area contributed by atoms with Crippen LogP contribution in [-0.2, 0) is 16.1 Å². The molecule has 3 aliphatic heterocycles. The van der Waals surface area contributed by atoms with Gasteiger partial charge in [-0.15, -0.1) is 11.3 Å². The van der Waals surface area contributed by atoms with E-state index >= 15 is 0 Å². The summed E-state index contributed by atoms with van der Waals surface area (Å²) in [6.45, 7) is 8.20. The molecule has 1 unspecified atom stereocenters. The van der Waals surface area contributed by atoms with Crippen molar-refractivity contribution < 1.29 is 9.53 Å². The molecule has 4 nitrogen and oxygen atoms in total. The molecule has 1 aromatic heterocycles. The van der Waals surface area contributed by atoms with Crippen molar-refractivity contribution in [3.8, 4) is 0 Å². The summed E-state index contributed by atoms with van der Waals surface area (Å²) < 4.78 is 6.27. The summed E-state index contributed by atoms with van der Waals surface area (Å²) in [7, 11) is 0. The number of carbonyl (C=O) groups is 1. The number of aryl methyl sites for hydroxylation is 1. The minimum Gasteiger partial charge on any atom is -0.375 e. The molecule has 3 fully saturated rings. The molecule has 1 spiro atoms. The zero-order valence-electron chi connectivity index (χ0n) is 15.3. The molecule has 1 atom stereocenters. The SMILES string of the molecule is Cc1ccc(CN2CCC3(CC2)CC(CC(=O)N2CCCC2)CO3)s1. The number of amides is 1. The number of thiophene rings is 1. The molecular formula is C20H30N2O2S. The Bertz CT molecular complexity index is 601. The van der Waals surface area contributed by atoms with Crippen LogP contribution in [-0.4, -0.2) is 54.1 Å². The number of hydrogen-bond donors (Lipinski definition) is 0. The molecule has 0 N–H and O–H groups in total. The monoisotopic (exact) mass is 362 g/mol. The van der Waals surface area contributed by atoms with E-state index in [0.29, 0.717) is 18.2 Å². The van der Waals surface area contributed by atoms with E-state index in [4.69, 9.17) is 4.74 Å². The maximum absolute atomic E-state index is 12.4. The van der Waals surface area contributed by atoms with Crippen LogP contribution in [0, 0.1) is 12.8 Å². The second kappa shape index (κ2) is 7.37. The van der Waals surface area contributed by atoms with Gasteiger partial charge in [-0.1, -0.05) is 0 Å². The third kappa shape index (κ3) is 4.09. The molecule has 138 valence electrons. The zero-order chi connectivity index (χ0) is 17.3. The first-order valence-corrected chi connectivity index (χ1v) is 10.6. The Balaban J connectivity index is 1.25. The van der Waals surface area contributed by atoms with Gasteiger partial charge in [0.05, 0.1) is 12.2 Å². The average molecular weight is 363 g/mol. The van der Waals surface area contributed by atoms with Crippen LogP contribution in [0.4, 0.5) is 0 Å². The van der Waals surface area contributed by atoms with Gasteiger partial charge in [0, 0.05) is 48.9 Å². The Kier molecular flexibility index (Phi) is 5.16. The fourth-order valence-electron chi connectivity index (χ4n) is 4.67. The molecule has 3 saturated heterocycles. The molecule has 0 aliphatic carbocycles.